The molecule has 100 valence electrons. The smallest absolute Gasteiger partial charge is 0.304 e. The average Bonchev–Trinajstić information content (AvgIpc) is 2.27. The van der Waals surface area contributed by atoms with E-state index in [0.717, 1.165) is 12.8 Å². The van der Waals surface area contributed by atoms with Crippen molar-refractivity contribution in [3.05, 3.63) is 0 Å². The molecule has 0 aromatic carbocycles. The predicted octanol–water partition coefficient (Wildman–Crippen LogP) is 0.197. The minimum atomic E-state index is -3.33. The number of carboxylic acid groups (broad SMARTS) is 1. The van der Waals surface area contributed by atoms with Crippen molar-refractivity contribution in [2.75, 3.05) is 25.5 Å². The number of aliphatic carboxylic acids is 1. The molecule has 0 radical (unpaired) electrons. The number of hydrogen-bond acceptors (Lipinski definition) is 4. The Kier molecular flexibility index (Phi) is 5.87. The largest absolute Gasteiger partial charge is 0.481 e. The van der Waals surface area contributed by atoms with Gasteiger partial charge in [0.25, 0.3) is 0 Å². The maximum atomic E-state index is 11.5. The number of ether oxygens (including phenoxy) is 1. The summed E-state index contributed by atoms with van der Waals surface area (Å²) in [5.74, 6) is -0.533. The standard InChI is InChI=1S/C10H19NO5S/c12-10(13)1-5-11-17(14,15)8-4-9-2-6-16-7-3-9/h9,11H,1-8H2,(H,12,13). The molecule has 0 unspecified atom stereocenters. The van der Waals surface area contributed by atoms with Gasteiger partial charge >= 0.3 is 5.97 Å². The van der Waals surface area contributed by atoms with E-state index in [1.807, 2.05) is 0 Å². The molecule has 1 saturated heterocycles. The molecule has 0 spiro atoms. The van der Waals surface area contributed by atoms with Gasteiger partial charge in [0, 0.05) is 19.8 Å². The molecule has 1 fully saturated rings. The molecule has 0 saturated carbocycles. The lowest BCUT2D eigenvalue weighted by molar-refractivity contribution is -0.136. The maximum Gasteiger partial charge on any atom is 0.304 e. The summed E-state index contributed by atoms with van der Waals surface area (Å²) < 4.78 is 30.5. The van der Waals surface area contributed by atoms with Crippen LogP contribution in [0.2, 0.25) is 0 Å². The third-order valence-electron chi connectivity index (χ3n) is 2.80. The van der Waals surface area contributed by atoms with Crippen LogP contribution in [0.25, 0.3) is 0 Å². The van der Waals surface area contributed by atoms with Crippen molar-refractivity contribution in [3.8, 4) is 0 Å². The average molecular weight is 265 g/mol. The van der Waals surface area contributed by atoms with Gasteiger partial charge in [0.05, 0.1) is 12.2 Å². The fraction of sp³-hybridized carbons (Fsp3) is 0.900. The van der Waals surface area contributed by atoms with Gasteiger partial charge in [0.2, 0.25) is 10.0 Å². The van der Waals surface area contributed by atoms with Crippen LogP contribution < -0.4 is 4.72 Å². The van der Waals surface area contributed by atoms with E-state index in [4.69, 9.17) is 9.84 Å². The van der Waals surface area contributed by atoms with E-state index in [-0.39, 0.29) is 18.7 Å². The van der Waals surface area contributed by atoms with Gasteiger partial charge in [0.1, 0.15) is 0 Å². The summed E-state index contributed by atoms with van der Waals surface area (Å²) in [7, 11) is -3.33. The first-order chi connectivity index (χ1) is 7.99. The molecule has 0 amide bonds. The first-order valence-electron chi connectivity index (χ1n) is 5.76. The van der Waals surface area contributed by atoms with Crippen molar-refractivity contribution in [1.29, 1.82) is 0 Å². The van der Waals surface area contributed by atoms with Crippen molar-refractivity contribution < 1.29 is 23.1 Å². The van der Waals surface area contributed by atoms with Crippen LogP contribution in [0, 0.1) is 5.92 Å². The lowest BCUT2D eigenvalue weighted by Gasteiger charge is -2.21. The molecule has 1 aliphatic rings. The third-order valence-corrected chi connectivity index (χ3v) is 4.21. The maximum absolute atomic E-state index is 11.5. The zero-order valence-corrected chi connectivity index (χ0v) is 10.5. The monoisotopic (exact) mass is 265 g/mol. The van der Waals surface area contributed by atoms with Crippen LogP contribution in [0.5, 0.6) is 0 Å². The SMILES string of the molecule is O=C(O)CCNS(=O)(=O)CCC1CCOCC1. The Hall–Kier alpha value is -0.660. The van der Waals surface area contributed by atoms with Gasteiger partial charge in [-0.3, -0.25) is 4.79 Å². The summed E-state index contributed by atoms with van der Waals surface area (Å²) in [5, 5.41) is 8.40. The molecule has 17 heavy (non-hydrogen) atoms. The van der Waals surface area contributed by atoms with Gasteiger partial charge in [-0.05, 0) is 25.2 Å². The molecular weight excluding hydrogens is 246 g/mol. The summed E-state index contributed by atoms with van der Waals surface area (Å²) >= 11 is 0. The van der Waals surface area contributed by atoms with E-state index in [1.54, 1.807) is 0 Å². The second kappa shape index (κ2) is 6.93. The fourth-order valence-corrected chi connectivity index (χ4v) is 2.94. The molecular formula is C10H19NO5S. The quantitative estimate of drug-likeness (QED) is 0.686. The van der Waals surface area contributed by atoms with Gasteiger partial charge in [-0.2, -0.15) is 0 Å². The molecule has 1 heterocycles. The van der Waals surface area contributed by atoms with Crippen LogP contribution in [0.3, 0.4) is 0 Å². The zero-order chi connectivity index (χ0) is 12.7. The van der Waals surface area contributed by atoms with Gasteiger partial charge in [0.15, 0.2) is 0 Å². The molecule has 1 aliphatic heterocycles. The number of carboxylic acids is 1. The molecule has 2 N–H and O–H groups in total. The Labute approximate surface area is 101 Å². The lowest BCUT2D eigenvalue weighted by atomic mass is 9.98. The van der Waals surface area contributed by atoms with Crippen LogP contribution in [0.15, 0.2) is 0 Å². The van der Waals surface area contributed by atoms with E-state index in [1.165, 1.54) is 0 Å². The number of hydrogen-bond donors (Lipinski definition) is 2. The number of sulfonamides is 1. The van der Waals surface area contributed by atoms with Crippen molar-refractivity contribution >= 4 is 16.0 Å². The van der Waals surface area contributed by atoms with Crippen LogP contribution >= 0.6 is 0 Å². The number of carbonyl (C=O) groups is 1. The second-order valence-corrected chi connectivity index (χ2v) is 6.13. The van der Waals surface area contributed by atoms with Crippen molar-refractivity contribution in [2.45, 2.75) is 25.7 Å². The highest BCUT2D eigenvalue weighted by molar-refractivity contribution is 7.89. The van der Waals surface area contributed by atoms with Crippen molar-refractivity contribution in [1.82, 2.24) is 4.72 Å². The van der Waals surface area contributed by atoms with Gasteiger partial charge in [-0.15, -0.1) is 0 Å². The highest BCUT2D eigenvalue weighted by atomic mass is 32.2. The lowest BCUT2D eigenvalue weighted by Crippen LogP contribution is -2.30. The van der Waals surface area contributed by atoms with Crippen LogP contribution in [0.4, 0.5) is 0 Å². The van der Waals surface area contributed by atoms with E-state index >= 15 is 0 Å². The third kappa shape index (κ3) is 6.60. The zero-order valence-electron chi connectivity index (χ0n) is 9.72. The molecule has 0 bridgehead atoms. The molecule has 0 aliphatic carbocycles. The highest BCUT2D eigenvalue weighted by Gasteiger charge is 2.18. The summed E-state index contributed by atoms with van der Waals surface area (Å²) in [5.41, 5.74) is 0. The Balaban J connectivity index is 2.21. The van der Waals surface area contributed by atoms with Crippen LogP contribution in [-0.2, 0) is 19.6 Å². The fourth-order valence-electron chi connectivity index (χ4n) is 1.74. The van der Waals surface area contributed by atoms with Crippen LogP contribution in [-0.4, -0.2) is 45.0 Å². The Bertz CT molecular complexity index is 335. The Morgan fingerprint density at radius 3 is 2.59 bits per heavy atom. The molecule has 0 aromatic rings. The molecule has 7 heteroatoms. The molecule has 0 aromatic heterocycles. The van der Waals surface area contributed by atoms with Gasteiger partial charge in [-0.1, -0.05) is 0 Å². The minimum absolute atomic E-state index is 0.0363. The van der Waals surface area contributed by atoms with E-state index < -0.39 is 16.0 Å². The molecule has 1 rings (SSSR count). The minimum Gasteiger partial charge on any atom is -0.481 e. The predicted molar refractivity (Wildman–Crippen MR) is 62.2 cm³/mol. The Morgan fingerprint density at radius 2 is 2.00 bits per heavy atom. The van der Waals surface area contributed by atoms with E-state index in [2.05, 4.69) is 4.72 Å². The highest BCUT2D eigenvalue weighted by Crippen LogP contribution is 2.18. The second-order valence-electron chi connectivity index (χ2n) is 4.20. The number of nitrogens with one attached hydrogen (secondary N) is 1. The summed E-state index contributed by atoms with van der Waals surface area (Å²) in [6, 6.07) is 0. The van der Waals surface area contributed by atoms with Crippen molar-refractivity contribution in [2.24, 2.45) is 5.92 Å². The van der Waals surface area contributed by atoms with E-state index in [0.29, 0.717) is 25.6 Å². The van der Waals surface area contributed by atoms with E-state index in [9.17, 15) is 13.2 Å². The van der Waals surface area contributed by atoms with Gasteiger partial charge < -0.3 is 9.84 Å². The summed E-state index contributed by atoms with van der Waals surface area (Å²) in [4.78, 5) is 10.2. The Morgan fingerprint density at radius 1 is 1.35 bits per heavy atom. The normalized spacial score (nSPS) is 18.1. The van der Waals surface area contributed by atoms with Crippen molar-refractivity contribution in [3.63, 3.8) is 0 Å². The van der Waals surface area contributed by atoms with Gasteiger partial charge in [-0.25, -0.2) is 13.1 Å². The first kappa shape index (κ1) is 14.4. The summed E-state index contributed by atoms with van der Waals surface area (Å²) in [6.45, 7) is 1.37. The summed E-state index contributed by atoms with van der Waals surface area (Å²) in [6.07, 6.45) is 2.25. The molecule has 6 nitrogen and oxygen atoms in total. The van der Waals surface area contributed by atoms with Crippen LogP contribution in [0.1, 0.15) is 25.7 Å². The molecule has 0 atom stereocenters. The first-order valence-corrected chi connectivity index (χ1v) is 7.42. The topological polar surface area (TPSA) is 92.7 Å². The number of rotatable bonds is 7.